The largest absolute Gasteiger partial charge is 0.304 e. The van der Waals surface area contributed by atoms with E-state index in [1.807, 2.05) is 25.1 Å². The summed E-state index contributed by atoms with van der Waals surface area (Å²) in [7, 11) is 0. The van der Waals surface area contributed by atoms with Crippen molar-refractivity contribution in [2.24, 2.45) is 0 Å². The summed E-state index contributed by atoms with van der Waals surface area (Å²) in [6.07, 6.45) is 3.56. The molecule has 20 heavy (non-hydrogen) atoms. The summed E-state index contributed by atoms with van der Waals surface area (Å²) in [5, 5.41) is 4.85. The predicted molar refractivity (Wildman–Crippen MR) is 85.7 cm³/mol. The summed E-state index contributed by atoms with van der Waals surface area (Å²) in [4.78, 5) is 4.02. The van der Waals surface area contributed by atoms with Gasteiger partial charge >= 0.3 is 0 Å². The number of rotatable bonds is 4. The fraction of sp³-hybridized carbons (Fsp3) is 0.267. The molecule has 5 heteroatoms. The number of aromatic nitrogens is 1. The van der Waals surface area contributed by atoms with Crippen LogP contribution in [0.25, 0.3) is 0 Å². The van der Waals surface area contributed by atoms with Crippen LogP contribution in [-0.2, 0) is 0 Å². The lowest BCUT2D eigenvalue weighted by atomic mass is 10.0. The second kappa shape index (κ2) is 6.77. The second-order valence-corrected chi connectivity index (χ2v) is 5.82. The number of nitrogens with zero attached hydrogens (tertiary/aromatic N) is 1. The normalized spacial score (nSPS) is 14.1. The van der Waals surface area contributed by atoms with Gasteiger partial charge in [-0.05, 0) is 43.2 Å². The van der Waals surface area contributed by atoms with E-state index in [0.29, 0.717) is 15.1 Å². The highest BCUT2D eigenvalue weighted by atomic mass is 35.5. The number of pyridine rings is 1. The molecule has 2 aromatic rings. The van der Waals surface area contributed by atoms with Crippen molar-refractivity contribution in [2.75, 3.05) is 0 Å². The molecule has 2 atom stereocenters. The quantitative estimate of drug-likeness (QED) is 0.754. The molecule has 1 heterocycles. The number of nitrogens with one attached hydrogen (secondary N) is 1. The van der Waals surface area contributed by atoms with Gasteiger partial charge in [-0.15, -0.1) is 0 Å². The maximum atomic E-state index is 6.26. The minimum Gasteiger partial charge on any atom is -0.304 e. The lowest BCUT2D eigenvalue weighted by Crippen LogP contribution is -2.22. The molecule has 1 aromatic carbocycles. The van der Waals surface area contributed by atoms with E-state index in [1.54, 1.807) is 18.5 Å². The predicted octanol–water partition coefficient (Wildman–Crippen LogP) is 5.45. The molecule has 0 aliphatic heterocycles. The SMILES string of the molecule is CC(NC(C)c1ccc(Cl)c(Cl)c1Cl)c1ccncc1. The van der Waals surface area contributed by atoms with Crippen LogP contribution in [0, 0.1) is 0 Å². The van der Waals surface area contributed by atoms with Gasteiger partial charge in [0.25, 0.3) is 0 Å². The van der Waals surface area contributed by atoms with Crippen LogP contribution >= 0.6 is 34.8 Å². The van der Waals surface area contributed by atoms with E-state index in [4.69, 9.17) is 34.8 Å². The molecule has 0 aliphatic carbocycles. The Balaban J connectivity index is 2.17. The van der Waals surface area contributed by atoms with E-state index in [9.17, 15) is 0 Å². The zero-order chi connectivity index (χ0) is 14.7. The van der Waals surface area contributed by atoms with Crippen molar-refractivity contribution >= 4 is 34.8 Å². The van der Waals surface area contributed by atoms with Gasteiger partial charge in [0.05, 0.1) is 15.1 Å². The number of benzene rings is 1. The van der Waals surface area contributed by atoms with E-state index >= 15 is 0 Å². The summed E-state index contributed by atoms with van der Waals surface area (Å²) in [5.74, 6) is 0. The van der Waals surface area contributed by atoms with E-state index in [1.165, 1.54) is 5.56 Å². The van der Waals surface area contributed by atoms with Crippen molar-refractivity contribution in [3.8, 4) is 0 Å². The Bertz CT molecular complexity index is 587. The highest BCUT2D eigenvalue weighted by Gasteiger charge is 2.16. The number of hydrogen-bond donors (Lipinski definition) is 1. The molecule has 2 unspecified atom stereocenters. The van der Waals surface area contributed by atoms with Crippen molar-refractivity contribution < 1.29 is 0 Å². The van der Waals surface area contributed by atoms with Gasteiger partial charge in [-0.2, -0.15) is 0 Å². The Kier molecular flexibility index (Phi) is 5.28. The third kappa shape index (κ3) is 3.44. The Morgan fingerprint density at radius 2 is 1.55 bits per heavy atom. The maximum absolute atomic E-state index is 6.26. The molecule has 0 saturated heterocycles. The smallest absolute Gasteiger partial charge is 0.0781 e. The fourth-order valence-electron chi connectivity index (χ4n) is 2.09. The molecule has 0 aliphatic rings. The van der Waals surface area contributed by atoms with Gasteiger partial charge in [0.2, 0.25) is 0 Å². The summed E-state index contributed by atoms with van der Waals surface area (Å²) in [6, 6.07) is 7.87. The topological polar surface area (TPSA) is 24.9 Å². The molecule has 1 N–H and O–H groups in total. The first-order chi connectivity index (χ1) is 9.50. The zero-order valence-electron chi connectivity index (χ0n) is 11.2. The standard InChI is InChI=1S/C15H15Cl3N2/c1-9(11-5-7-19-8-6-11)20-10(2)12-3-4-13(16)15(18)14(12)17/h3-10,20H,1-2H3. The molecule has 0 fully saturated rings. The van der Waals surface area contributed by atoms with Gasteiger partial charge in [-0.25, -0.2) is 0 Å². The Morgan fingerprint density at radius 3 is 2.20 bits per heavy atom. The molecule has 106 valence electrons. The third-order valence-corrected chi connectivity index (χ3v) is 4.55. The monoisotopic (exact) mass is 328 g/mol. The molecule has 2 rings (SSSR count). The first kappa shape index (κ1) is 15.6. The zero-order valence-corrected chi connectivity index (χ0v) is 13.5. The van der Waals surface area contributed by atoms with E-state index in [2.05, 4.69) is 17.2 Å². The average molecular weight is 330 g/mol. The Hall–Kier alpha value is -0.800. The summed E-state index contributed by atoms with van der Waals surface area (Å²) >= 11 is 18.3. The van der Waals surface area contributed by atoms with Crippen LogP contribution in [0.15, 0.2) is 36.7 Å². The molecule has 0 saturated carbocycles. The van der Waals surface area contributed by atoms with Crippen molar-refractivity contribution in [3.63, 3.8) is 0 Å². The lowest BCUT2D eigenvalue weighted by molar-refractivity contribution is 0.494. The third-order valence-electron chi connectivity index (χ3n) is 3.24. The number of halogens is 3. The van der Waals surface area contributed by atoms with Crippen LogP contribution in [-0.4, -0.2) is 4.98 Å². The molecular weight excluding hydrogens is 315 g/mol. The Labute approximate surface area is 134 Å². The maximum Gasteiger partial charge on any atom is 0.0781 e. The van der Waals surface area contributed by atoms with Crippen molar-refractivity contribution in [1.29, 1.82) is 0 Å². The van der Waals surface area contributed by atoms with Crippen LogP contribution < -0.4 is 5.32 Å². The minimum absolute atomic E-state index is 0.0560. The van der Waals surface area contributed by atoms with E-state index in [-0.39, 0.29) is 12.1 Å². The Morgan fingerprint density at radius 1 is 0.900 bits per heavy atom. The number of hydrogen-bond acceptors (Lipinski definition) is 2. The molecule has 2 nitrogen and oxygen atoms in total. The van der Waals surface area contributed by atoms with Crippen molar-refractivity contribution in [1.82, 2.24) is 10.3 Å². The highest BCUT2D eigenvalue weighted by molar-refractivity contribution is 6.48. The van der Waals surface area contributed by atoms with Crippen LogP contribution in [0.3, 0.4) is 0 Å². The van der Waals surface area contributed by atoms with Crippen LogP contribution in [0.5, 0.6) is 0 Å². The van der Waals surface area contributed by atoms with Crippen molar-refractivity contribution in [3.05, 3.63) is 62.9 Å². The van der Waals surface area contributed by atoms with Gasteiger partial charge in [0, 0.05) is 24.5 Å². The second-order valence-electron chi connectivity index (χ2n) is 4.66. The highest BCUT2D eigenvalue weighted by Crippen LogP contribution is 2.35. The van der Waals surface area contributed by atoms with E-state index in [0.717, 1.165) is 5.56 Å². The lowest BCUT2D eigenvalue weighted by Gasteiger charge is -2.22. The van der Waals surface area contributed by atoms with Crippen molar-refractivity contribution in [2.45, 2.75) is 25.9 Å². The van der Waals surface area contributed by atoms with Crippen LogP contribution in [0.2, 0.25) is 15.1 Å². The van der Waals surface area contributed by atoms with Gasteiger partial charge < -0.3 is 5.32 Å². The van der Waals surface area contributed by atoms with Gasteiger partial charge in [-0.3, -0.25) is 4.98 Å². The summed E-state index contributed by atoms with van der Waals surface area (Å²) in [5.41, 5.74) is 2.10. The first-order valence-electron chi connectivity index (χ1n) is 6.30. The molecule has 0 spiro atoms. The minimum atomic E-state index is 0.0560. The summed E-state index contributed by atoms with van der Waals surface area (Å²) < 4.78 is 0. The average Bonchev–Trinajstić information content (AvgIpc) is 2.45. The molecule has 0 radical (unpaired) electrons. The molecule has 0 bridgehead atoms. The van der Waals surface area contributed by atoms with Gasteiger partial charge in [0.15, 0.2) is 0 Å². The molecular formula is C15H15Cl3N2. The molecule has 0 amide bonds. The fourth-order valence-corrected chi connectivity index (χ4v) is 2.79. The van der Waals surface area contributed by atoms with Gasteiger partial charge in [0.1, 0.15) is 0 Å². The molecule has 1 aromatic heterocycles. The van der Waals surface area contributed by atoms with Gasteiger partial charge in [-0.1, -0.05) is 40.9 Å². The van der Waals surface area contributed by atoms with E-state index < -0.39 is 0 Å². The summed E-state index contributed by atoms with van der Waals surface area (Å²) in [6.45, 7) is 4.14. The van der Waals surface area contributed by atoms with Crippen LogP contribution in [0.4, 0.5) is 0 Å². The first-order valence-corrected chi connectivity index (χ1v) is 7.43. The van der Waals surface area contributed by atoms with Crippen LogP contribution in [0.1, 0.15) is 37.1 Å².